The molecule has 0 saturated heterocycles. The molecule has 0 aromatic heterocycles. The molecule has 2 rings (SSSR count). The maximum Gasteiger partial charge on any atom is 0.169 e. The molecule has 3 N–H and O–H groups in total. The largest absolute Gasteiger partial charge is 0.493 e. The second kappa shape index (κ2) is 5.82. The number of hydrogen-bond donors (Lipinski definition) is 2. The smallest absolute Gasteiger partial charge is 0.169 e. The first-order valence-electron chi connectivity index (χ1n) is 5.64. The fourth-order valence-corrected chi connectivity index (χ4v) is 1.81. The van der Waals surface area contributed by atoms with Crippen LogP contribution in [-0.4, -0.2) is 12.2 Å². The van der Waals surface area contributed by atoms with Crippen molar-refractivity contribution in [1.29, 1.82) is 0 Å². The molecule has 0 saturated carbocycles. The first-order valence-corrected chi connectivity index (χ1v) is 6.02. The Hall–Kier alpha value is -1.91. The van der Waals surface area contributed by atoms with Gasteiger partial charge in [-0.05, 0) is 35.9 Å². The third-order valence-corrected chi connectivity index (χ3v) is 2.84. The highest BCUT2D eigenvalue weighted by molar-refractivity contribution is 6.30. The molecule has 2 aromatic carbocycles. The summed E-state index contributed by atoms with van der Waals surface area (Å²) in [6, 6.07) is 10.2. The lowest BCUT2D eigenvalue weighted by molar-refractivity contribution is 0.280. The Bertz CT molecular complexity index is 587. The van der Waals surface area contributed by atoms with Gasteiger partial charge < -0.3 is 20.3 Å². The normalized spacial score (nSPS) is 10.3. The molecule has 0 atom stereocenters. The number of nitrogen functional groups attached to an aromatic ring is 1. The Morgan fingerprint density at radius 1 is 1.11 bits per heavy atom. The number of aliphatic hydroxyl groups is 1. The fraction of sp³-hybridized carbons (Fsp3) is 0.143. The van der Waals surface area contributed by atoms with E-state index in [1.165, 1.54) is 7.11 Å². The standard InChI is InChI=1S/C14H14ClNO3/c1-18-14-6-9(8-17)2-4-13(14)19-12-5-3-10(15)7-11(12)16/h2-7,17H,8,16H2,1H3. The topological polar surface area (TPSA) is 64.7 Å². The molecule has 0 aliphatic carbocycles. The van der Waals surface area contributed by atoms with E-state index in [0.717, 1.165) is 5.56 Å². The van der Waals surface area contributed by atoms with Crippen LogP contribution in [0, 0.1) is 0 Å². The van der Waals surface area contributed by atoms with Gasteiger partial charge in [0.1, 0.15) is 0 Å². The van der Waals surface area contributed by atoms with Crippen LogP contribution >= 0.6 is 11.6 Å². The number of rotatable bonds is 4. The van der Waals surface area contributed by atoms with E-state index in [4.69, 9.17) is 31.9 Å². The SMILES string of the molecule is COc1cc(CO)ccc1Oc1ccc(Cl)cc1N. The minimum atomic E-state index is -0.0558. The van der Waals surface area contributed by atoms with Crippen LogP contribution < -0.4 is 15.2 Å². The summed E-state index contributed by atoms with van der Waals surface area (Å²) < 4.78 is 10.9. The van der Waals surface area contributed by atoms with E-state index in [2.05, 4.69) is 0 Å². The quantitative estimate of drug-likeness (QED) is 0.844. The summed E-state index contributed by atoms with van der Waals surface area (Å²) in [5, 5.41) is 9.63. The number of halogens is 1. The number of methoxy groups -OCH3 is 1. The first kappa shape index (κ1) is 13.5. The number of aliphatic hydroxyl groups excluding tert-OH is 1. The Kier molecular flexibility index (Phi) is 4.14. The fourth-order valence-electron chi connectivity index (χ4n) is 1.63. The highest BCUT2D eigenvalue weighted by Crippen LogP contribution is 2.35. The van der Waals surface area contributed by atoms with Gasteiger partial charge in [-0.15, -0.1) is 0 Å². The molecule has 0 fully saturated rings. The Morgan fingerprint density at radius 2 is 1.84 bits per heavy atom. The molecule has 0 heterocycles. The van der Waals surface area contributed by atoms with Crippen molar-refractivity contribution in [3.8, 4) is 17.2 Å². The van der Waals surface area contributed by atoms with Gasteiger partial charge in [-0.1, -0.05) is 17.7 Å². The molecule has 0 radical (unpaired) electrons. The third kappa shape index (κ3) is 3.10. The van der Waals surface area contributed by atoms with Gasteiger partial charge in [-0.25, -0.2) is 0 Å². The van der Waals surface area contributed by atoms with Crippen molar-refractivity contribution >= 4 is 17.3 Å². The minimum absolute atomic E-state index is 0.0558. The second-order valence-electron chi connectivity index (χ2n) is 3.93. The third-order valence-electron chi connectivity index (χ3n) is 2.60. The Labute approximate surface area is 116 Å². The molecule has 5 heteroatoms. The Balaban J connectivity index is 2.32. The second-order valence-corrected chi connectivity index (χ2v) is 4.36. The molecule has 0 aliphatic heterocycles. The predicted molar refractivity (Wildman–Crippen MR) is 74.9 cm³/mol. The molecule has 4 nitrogen and oxygen atoms in total. The van der Waals surface area contributed by atoms with Crippen LogP contribution in [0.25, 0.3) is 0 Å². The summed E-state index contributed by atoms with van der Waals surface area (Å²) >= 11 is 5.83. The van der Waals surface area contributed by atoms with E-state index in [1.54, 1.807) is 36.4 Å². The minimum Gasteiger partial charge on any atom is -0.493 e. The van der Waals surface area contributed by atoms with Crippen molar-refractivity contribution in [1.82, 2.24) is 0 Å². The Morgan fingerprint density at radius 3 is 2.47 bits per heavy atom. The molecule has 0 amide bonds. The number of nitrogens with two attached hydrogens (primary N) is 1. The lowest BCUT2D eigenvalue weighted by Crippen LogP contribution is -1.95. The number of hydrogen-bond acceptors (Lipinski definition) is 4. The van der Waals surface area contributed by atoms with Gasteiger partial charge in [0.2, 0.25) is 0 Å². The van der Waals surface area contributed by atoms with Gasteiger partial charge in [0.25, 0.3) is 0 Å². The van der Waals surface area contributed by atoms with Crippen molar-refractivity contribution in [2.24, 2.45) is 0 Å². The zero-order valence-electron chi connectivity index (χ0n) is 10.4. The summed E-state index contributed by atoms with van der Waals surface area (Å²) in [7, 11) is 1.54. The highest BCUT2D eigenvalue weighted by atomic mass is 35.5. The average Bonchev–Trinajstić information content (AvgIpc) is 2.42. The molecule has 19 heavy (non-hydrogen) atoms. The van der Waals surface area contributed by atoms with E-state index in [0.29, 0.717) is 28.0 Å². The van der Waals surface area contributed by atoms with E-state index in [9.17, 15) is 0 Å². The van der Waals surface area contributed by atoms with Gasteiger partial charge in [-0.2, -0.15) is 0 Å². The van der Waals surface area contributed by atoms with E-state index in [-0.39, 0.29) is 6.61 Å². The van der Waals surface area contributed by atoms with Gasteiger partial charge in [0, 0.05) is 5.02 Å². The predicted octanol–water partition coefficient (Wildman–Crippen LogP) is 3.22. The maximum atomic E-state index is 9.08. The van der Waals surface area contributed by atoms with Crippen molar-refractivity contribution in [2.45, 2.75) is 6.61 Å². The molecule has 0 bridgehead atoms. The first-order chi connectivity index (χ1) is 9.13. The summed E-state index contributed by atoms with van der Waals surface area (Å²) in [4.78, 5) is 0. The van der Waals surface area contributed by atoms with Gasteiger partial charge in [-0.3, -0.25) is 0 Å². The zero-order chi connectivity index (χ0) is 13.8. The van der Waals surface area contributed by atoms with Crippen LogP contribution in [0.15, 0.2) is 36.4 Å². The summed E-state index contributed by atoms with van der Waals surface area (Å²) in [6.07, 6.45) is 0. The van der Waals surface area contributed by atoms with Gasteiger partial charge in [0.15, 0.2) is 17.2 Å². The van der Waals surface area contributed by atoms with Crippen molar-refractivity contribution < 1.29 is 14.6 Å². The molecule has 2 aromatic rings. The van der Waals surface area contributed by atoms with Crippen molar-refractivity contribution in [3.05, 3.63) is 47.0 Å². The average molecular weight is 280 g/mol. The lowest BCUT2D eigenvalue weighted by atomic mass is 10.2. The van der Waals surface area contributed by atoms with Crippen LogP contribution in [0.2, 0.25) is 5.02 Å². The van der Waals surface area contributed by atoms with E-state index < -0.39 is 0 Å². The van der Waals surface area contributed by atoms with Crippen LogP contribution in [0.1, 0.15) is 5.56 Å². The summed E-state index contributed by atoms with van der Waals surface area (Å²) in [6.45, 7) is -0.0558. The molecule has 100 valence electrons. The highest BCUT2D eigenvalue weighted by Gasteiger charge is 2.09. The number of anilines is 1. The monoisotopic (exact) mass is 279 g/mol. The number of ether oxygens (including phenoxy) is 2. The molecule has 0 unspecified atom stereocenters. The molecule has 0 aliphatic rings. The molecule has 0 spiro atoms. The number of benzene rings is 2. The van der Waals surface area contributed by atoms with Crippen molar-refractivity contribution in [3.63, 3.8) is 0 Å². The van der Waals surface area contributed by atoms with Crippen LogP contribution in [-0.2, 0) is 6.61 Å². The molecular formula is C14H14ClNO3. The van der Waals surface area contributed by atoms with E-state index in [1.807, 2.05) is 0 Å². The maximum absolute atomic E-state index is 9.08. The van der Waals surface area contributed by atoms with Crippen LogP contribution in [0.4, 0.5) is 5.69 Å². The zero-order valence-corrected chi connectivity index (χ0v) is 11.1. The molecular weight excluding hydrogens is 266 g/mol. The van der Waals surface area contributed by atoms with Crippen LogP contribution in [0.3, 0.4) is 0 Å². The van der Waals surface area contributed by atoms with Gasteiger partial charge >= 0.3 is 0 Å². The summed E-state index contributed by atoms with van der Waals surface area (Å²) in [5.74, 6) is 1.55. The van der Waals surface area contributed by atoms with Crippen molar-refractivity contribution in [2.75, 3.05) is 12.8 Å². The van der Waals surface area contributed by atoms with Gasteiger partial charge in [0.05, 0.1) is 19.4 Å². The van der Waals surface area contributed by atoms with E-state index >= 15 is 0 Å². The lowest BCUT2D eigenvalue weighted by Gasteiger charge is -2.12. The van der Waals surface area contributed by atoms with Crippen LogP contribution in [0.5, 0.6) is 17.2 Å². The summed E-state index contributed by atoms with van der Waals surface area (Å²) in [5.41, 5.74) is 7.02.